The number of esters is 1. The molecule has 0 spiro atoms. The average molecular weight is 459 g/mol. The van der Waals surface area contributed by atoms with Crippen molar-refractivity contribution in [1.82, 2.24) is 0 Å². The van der Waals surface area contributed by atoms with Crippen molar-refractivity contribution < 1.29 is 26.5 Å². The maximum atomic E-state index is 12.2. The Morgan fingerprint density at radius 1 is 0.750 bits per heavy atom. The maximum Gasteiger partial charge on any atom is 0.305 e. The molecule has 0 amide bonds. The molecule has 0 aliphatic rings. The third-order valence-electron chi connectivity index (χ3n) is 4.70. The highest BCUT2D eigenvalue weighted by Gasteiger charge is 2.37. The standard InChI is InChI=1S/C24H24O2.BrH.H3P/c1-2-12-23(25)26-19-24(20-13-6-3-7-14-20,21-15-8-4-9-16-21)22-17-10-5-11-18-22;;/h3-11,13-18H,2,12,19H2,1H3;1H;1H3. The van der Waals surface area contributed by atoms with Crippen LogP contribution in [0.25, 0.3) is 0 Å². The normalized spacial score (nSPS) is 10.3. The fourth-order valence-corrected chi connectivity index (χ4v) is 3.38. The lowest BCUT2D eigenvalue weighted by molar-refractivity contribution is -0.144. The van der Waals surface area contributed by atoms with Crippen molar-refractivity contribution in [2.24, 2.45) is 0 Å². The first kappa shape index (κ1) is 24.1. The van der Waals surface area contributed by atoms with Gasteiger partial charge >= 0.3 is 5.97 Å². The molecule has 2 nitrogen and oxygen atoms in total. The highest BCUT2D eigenvalue weighted by atomic mass is 79.9. The molecular weight excluding hydrogens is 431 g/mol. The zero-order chi connectivity index (χ0) is 18.2. The molecular formula is C24H28BrO2P. The molecule has 28 heavy (non-hydrogen) atoms. The first-order chi connectivity index (χ1) is 12.8. The zero-order valence-electron chi connectivity index (χ0n) is 16.5. The monoisotopic (exact) mass is 458 g/mol. The minimum Gasteiger partial charge on any atom is -1.00 e. The third-order valence-corrected chi connectivity index (χ3v) is 4.70. The molecule has 0 heterocycles. The van der Waals surface area contributed by atoms with Crippen LogP contribution in [0.15, 0.2) is 91.0 Å². The number of ether oxygens (including phenoxy) is 1. The van der Waals surface area contributed by atoms with Crippen LogP contribution in [0.1, 0.15) is 36.5 Å². The van der Waals surface area contributed by atoms with Crippen LogP contribution in [0, 0.1) is 0 Å². The Morgan fingerprint density at radius 2 is 1.11 bits per heavy atom. The van der Waals surface area contributed by atoms with E-state index in [4.69, 9.17) is 4.74 Å². The van der Waals surface area contributed by atoms with E-state index in [2.05, 4.69) is 36.4 Å². The van der Waals surface area contributed by atoms with Gasteiger partial charge in [-0.15, -0.1) is 0 Å². The van der Waals surface area contributed by atoms with Crippen LogP contribution in [0.4, 0.5) is 0 Å². The van der Waals surface area contributed by atoms with E-state index in [1.807, 2.05) is 61.5 Å². The molecule has 0 saturated carbocycles. The SMILES string of the molecule is CCCC(=O)OCC(c1ccccc1)(c1ccccc1)c1ccccc1.[Br-].[PH4+]. The molecule has 4 heteroatoms. The van der Waals surface area contributed by atoms with Gasteiger partial charge < -0.3 is 21.7 Å². The number of hydrogen-bond donors (Lipinski definition) is 0. The van der Waals surface area contributed by atoms with Crippen molar-refractivity contribution in [2.45, 2.75) is 25.2 Å². The summed E-state index contributed by atoms with van der Waals surface area (Å²) in [5.74, 6) is -0.153. The van der Waals surface area contributed by atoms with Crippen LogP contribution in [-0.4, -0.2) is 12.6 Å². The largest absolute Gasteiger partial charge is 1.00 e. The van der Waals surface area contributed by atoms with Crippen LogP contribution in [0.2, 0.25) is 0 Å². The molecule has 0 saturated heterocycles. The van der Waals surface area contributed by atoms with Gasteiger partial charge in [-0.2, -0.15) is 0 Å². The highest BCUT2D eigenvalue weighted by Crippen LogP contribution is 2.39. The van der Waals surface area contributed by atoms with Crippen molar-refractivity contribution in [3.05, 3.63) is 108 Å². The second-order valence-corrected chi connectivity index (χ2v) is 6.41. The van der Waals surface area contributed by atoms with Gasteiger partial charge in [0.05, 0.1) is 5.41 Å². The molecule has 0 aromatic heterocycles. The van der Waals surface area contributed by atoms with E-state index >= 15 is 0 Å². The summed E-state index contributed by atoms with van der Waals surface area (Å²) in [6.45, 7) is 2.27. The summed E-state index contributed by atoms with van der Waals surface area (Å²) >= 11 is 0. The Hall–Kier alpha value is -1.96. The lowest BCUT2D eigenvalue weighted by Crippen LogP contribution is -3.00. The van der Waals surface area contributed by atoms with Crippen LogP contribution in [-0.2, 0) is 14.9 Å². The molecule has 148 valence electrons. The fourth-order valence-electron chi connectivity index (χ4n) is 3.38. The van der Waals surface area contributed by atoms with Crippen molar-refractivity contribution >= 4 is 15.9 Å². The van der Waals surface area contributed by atoms with Crippen molar-refractivity contribution in [3.8, 4) is 0 Å². The molecule has 3 rings (SSSR count). The quantitative estimate of drug-likeness (QED) is 0.308. The minimum atomic E-state index is -0.535. The number of benzene rings is 3. The summed E-state index contributed by atoms with van der Waals surface area (Å²) in [6, 6.07) is 30.8. The molecule has 0 radical (unpaired) electrons. The van der Waals surface area contributed by atoms with Gasteiger partial charge in [-0.25, -0.2) is 0 Å². The first-order valence-corrected chi connectivity index (χ1v) is 9.09. The highest BCUT2D eigenvalue weighted by molar-refractivity contribution is 6.92. The lowest BCUT2D eigenvalue weighted by Gasteiger charge is -2.35. The molecule has 0 aliphatic carbocycles. The third kappa shape index (κ3) is 5.31. The molecule has 1 unspecified atom stereocenters. The van der Waals surface area contributed by atoms with Crippen LogP contribution in [0.5, 0.6) is 0 Å². The summed E-state index contributed by atoms with van der Waals surface area (Å²) in [5.41, 5.74) is 2.80. The average Bonchev–Trinajstić information content (AvgIpc) is 2.71. The Labute approximate surface area is 181 Å². The van der Waals surface area contributed by atoms with Gasteiger partial charge in [-0.05, 0) is 33.0 Å². The Morgan fingerprint density at radius 3 is 1.43 bits per heavy atom. The van der Waals surface area contributed by atoms with Crippen molar-refractivity contribution in [3.63, 3.8) is 0 Å². The van der Waals surface area contributed by atoms with Gasteiger partial charge in [0.15, 0.2) is 0 Å². The number of rotatable bonds is 7. The minimum absolute atomic E-state index is 0. The van der Waals surface area contributed by atoms with Gasteiger partial charge in [0.25, 0.3) is 0 Å². The van der Waals surface area contributed by atoms with Gasteiger partial charge in [0.2, 0.25) is 0 Å². The Bertz CT molecular complexity index is 726. The maximum absolute atomic E-state index is 12.2. The molecule has 3 aromatic carbocycles. The van der Waals surface area contributed by atoms with E-state index in [0.717, 1.165) is 23.1 Å². The number of carbonyl (C=O) groups is 1. The van der Waals surface area contributed by atoms with Gasteiger partial charge in [-0.1, -0.05) is 97.9 Å². The van der Waals surface area contributed by atoms with Crippen LogP contribution < -0.4 is 17.0 Å². The summed E-state index contributed by atoms with van der Waals surface area (Å²) in [7, 11) is 0. The predicted molar refractivity (Wildman–Crippen MR) is 118 cm³/mol. The Balaban J connectivity index is 0.00000196. The smallest absolute Gasteiger partial charge is 0.305 e. The Kier molecular flexibility index (Phi) is 10.1. The summed E-state index contributed by atoms with van der Waals surface area (Å²) in [5, 5.41) is 0. The van der Waals surface area contributed by atoms with E-state index in [1.54, 1.807) is 0 Å². The summed E-state index contributed by atoms with van der Waals surface area (Å²) in [4.78, 5) is 12.2. The van der Waals surface area contributed by atoms with E-state index < -0.39 is 5.41 Å². The summed E-state index contributed by atoms with van der Waals surface area (Å²) < 4.78 is 5.77. The van der Waals surface area contributed by atoms with E-state index in [9.17, 15) is 4.79 Å². The van der Waals surface area contributed by atoms with Crippen molar-refractivity contribution in [1.29, 1.82) is 0 Å². The molecule has 0 bridgehead atoms. The van der Waals surface area contributed by atoms with E-state index in [-0.39, 0.29) is 39.5 Å². The topological polar surface area (TPSA) is 26.3 Å². The van der Waals surface area contributed by atoms with Gasteiger partial charge in [0, 0.05) is 6.42 Å². The predicted octanol–water partition coefficient (Wildman–Crippen LogP) is 2.16. The lowest BCUT2D eigenvalue weighted by atomic mass is 9.70. The molecule has 0 aliphatic heterocycles. The van der Waals surface area contributed by atoms with E-state index in [1.165, 1.54) is 0 Å². The van der Waals surface area contributed by atoms with E-state index in [0.29, 0.717) is 6.42 Å². The zero-order valence-corrected chi connectivity index (χ0v) is 20.1. The van der Waals surface area contributed by atoms with Gasteiger partial charge in [-0.3, -0.25) is 4.79 Å². The summed E-state index contributed by atoms with van der Waals surface area (Å²) in [6.07, 6.45) is 1.22. The second-order valence-electron chi connectivity index (χ2n) is 6.41. The number of halogens is 1. The molecule has 1 atom stereocenters. The number of hydrogen-bond acceptors (Lipinski definition) is 2. The van der Waals surface area contributed by atoms with Gasteiger partial charge in [0.1, 0.15) is 6.61 Å². The fraction of sp³-hybridized carbons (Fsp3) is 0.208. The van der Waals surface area contributed by atoms with Crippen molar-refractivity contribution in [2.75, 3.05) is 6.61 Å². The molecule has 0 N–H and O–H groups in total. The molecule has 0 fully saturated rings. The number of carbonyl (C=O) groups excluding carboxylic acids is 1. The molecule has 3 aromatic rings. The second kappa shape index (κ2) is 11.8. The van der Waals surface area contributed by atoms with Crippen LogP contribution >= 0.6 is 9.90 Å². The van der Waals surface area contributed by atoms with Crippen LogP contribution in [0.3, 0.4) is 0 Å². The first-order valence-electron chi connectivity index (χ1n) is 9.09.